The first-order valence-electron chi connectivity index (χ1n) is 5.94. The molecule has 94 valence electrons. The Bertz CT molecular complexity index is 470. The second-order valence-corrected chi connectivity index (χ2v) is 4.18. The summed E-state index contributed by atoms with van der Waals surface area (Å²) < 4.78 is 12.7. The molecule has 2 nitrogen and oxygen atoms in total. The highest BCUT2D eigenvalue weighted by Crippen LogP contribution is 2.11. The molecule has 0 unspecified atom stereocenters. The number of halogens is 1. The van der Waals surface area contributed by atoms with Crippen LogP contribution in [0.4, 0.5) is 4.39 Å². The first kappa shape index (κ1) is 12.7. The standard InChI is InChI=1S/C15H16FNO/c16-14-8-6-12(7-9-14)10-17-11-15(18)13-4-2-1-3-5-13/h1-9,15,17-18H,10-11H2/t15-/m1/s1. The van der Waals surface area contributed by atoms with Crippen LogP contribution < -0.4 is 5.32 Å². The van der Waals surface area contributed by atoms with Gasteiger partial charge in [0.1, 0.15) is 5.82 Å². The van der Waals surface area contributed by atoms with Crippen LogP contribution in [0, 0.1) is 5.82 Å². The van der Waals surface area contributed by atoms with Crippen molar-refractivity contribution in [1.29, 1.82) is 0 Å². The summed E-state index contributed by atoms with van der Waals surface area (Å²) in [5.41, 5.74) is 1.89. The quantitative estimate of drug-likeness (QED) is 0.848. The summed E-state index contributed by atoms with van der Waals surface area (Å²) in [5.74, 6) is -0.233. The summed E-state index contributed by atoms with van der Waals surface area (Å²) in [6.07, 6.45) is -0.522. The molecule has 1 atom stereocenters. The van der Waals surface area contributed by atoms with Crippen LogP contribution in [-0.2, 0) is 6.54 Å². The summed E-state index contributed by atoms with van der Waals surface area (Å²) in [4.78, 5) is 0. The fourth-order valence-electron chi connectivity index (χ4n) is 1.75. The first-order chi connectivity index (χ1) is 8.75. The van der Waals surface area contributed by atoms with E-state index in [-0.39, 0.29) is 5.82 Å². The maximum absolute atomic E-state index is 12.7. The Labute approximate surface area is 106 Å². The largest absolute Gasteiger partial charge is 0.387 e. The molecule has 0 saturated carbocycles. The maximum atomic E-state index is 12.7. The molecule has 0 fully saturated rings. The molecule has 0 bridgehead atoms. The third-order valence-corrected chi connectivity index (χ3v) is 2.76. The summed E-state index contributed by atoms with van der Waals surface area (Å²) in [5, 5.41) is 13.1. The zero-order valence-electron chi connectivity index (χ0n) is 10.0. The Morgan fingerprint density at radius 2 is 1.67 bits per heavy atom. The van der Waals surface area contributed by atoms with Gasteiger partial charge in [-0.05, 0) is 23.3 Å². The highest BCUT2D eigenvalue weighted by Gasteiger charge is 2.05. The zero-order valence-corrected chi connectivity index (χ0v) is 10.0. The summed E-state index contributed by atoms with van der Waals surface area (Å²) >= 11 is 0. The van der Waals surface area contributed by atoms with Gasteiger partial charge < -0.3 is 10.4 Å². The predicted octanol–water partition coefficient (Wildman–Crippen LogP) is 2.65. The Hall–Kier alpha value is -1.71. The molecule has 18 heavy (non-hydrogen) atoms. The molecule has 2 rings (SSSR count). The van der Waals surface area contributed by atoms with Crippen LogP contribution in [0.5, 0.6) is 0 Å². The van der Waals surface area contributed by atoms with Gasteiger partial charge in [-0.3, -0.25) is 0 Å². The molecule has 2 N–H and O–H groups in total. The predicted molar refractivity (Wildman–Crippen MR) is 69.5 cm³/mol. The molecule has 0 aliphatic rings. The van der Waals surface area contributed by atoms with Crippen LogP contribution in [0.1, 0.15) is 17.2 Å². The molecule has 2 aromatic rings. The summed E-state index contributed by atoms with van der Waals surface area (Å²) in [7, 11) is 0. The number of hydrogen-bond donors (Lipinski definition) is 2. The molecule has 0 amide bonds. The Kier molecular flexibility index (Phi) is 4.45. The normalized spacial score (nSPS) is 12.3. The Morgan fingerprint density at radius 1 is 1.00 bits per heavy atom. The van der Waals surface area contributed by atoms with E-state index in [0.29, 0.717) is 13.1 Å². The minimum atomic E-state index is -0.522. The van der Waals surface area contributed by atoms with Gasteiger partial charge in [-0.15, -0.1) is 0 Å². The monoisotopic (exact) mass is 245 g/mol. The maximum Gasteiger partial charge on any atom is 0.123 e. The van der Waals surface area contributed by atoms with Crippen LogP contribution in [0.2, 0.25) is 0 Å². The van der Waals surface area contributed by atoms with Crippen LogP contribution in [0.15, 0.2) is 54.6 Å². The fourth-order valence-corrected chi connectivity index (χ4v) is 1.75. The van der Waals surface area contributed by atoms with Crippen molar-refractivity contribution in [2.24, 2.45) is 0 Å². The van der Waals surface area contributed by atoms with E-state index in [0.717, 1.165) is 11.1 Å². The van der Waals surface area contributed by atoms with Gasteiger partial charge in [0.15, 0.2) is 0 Å². The molecule has 0 spiro atoms. The second kappa shape index (κ2) is 6.28. The first-order valence-corrected chi connectivity index (χ1v) is 5.94. The molecule has 0 aromatic heterocycles. The second-order valence-electron chi connectivity index (χ2n) is 4.18. The molecule has 2 aromatic carbocycles. The van der Waals surface area contributed by atoms with E-state index in [1.54, 1.807) is 12.1 Å². The van der Waals surface area contributed by atoms with Crippen molar-refractivity contribution in [2.45, 2.75) is 12.6 Å². The number of aliphatic hydroxyl groups is 1. The number of benzene rings is 2. The number of hydrogen-bond acceptors (Lipinski definition) is 2. The lowest BCUT2D eigenvalue weighted by molar-refractivity contribution is 0.174. The van der Waals surface area contributed by atoms with Crippen molar-refractivity contribution >= 4 is 0 Å². The molecule has 0 heterocycles. The third kappa shape index (κ3) is 3.65. The number of rotatable bonds is 5. The van der Waals surface area contributed by atoms with E-state index in [1.807, 2.05) is 30.3 Å². The van der Waals surface area contributed by atoms with Crippen molar-refractivity contribution in [2.75, 3.05) is 6.54 Å². The van der Waals surface area contributed by atoms with E-state index >= 15 is 0 Å². The van der Waals surface area contributed by atoms with Crippen molar-refractivity contribution in [3.8, 4) is 0 Å². The summed E-state index contributed by atoms with van der Waals surface area (Å²) in [6, 6.07) is 15.8. The average Bonchev–Trinajstić information content (AvgIpc) is 2.42. The zero-order chi connectivity index (χ0) is 12.8. The van der Waals surface area contributed by atoms with Gasteiger partial charge in [0.2, 0.25) is 0 Å². The van der Waals surface area contributed by atoms with Gasteiger partial charge in [-0.2, -0.15) is 0 Å². The van der Waals surface area contributed by atoms with Gasteiger partial charge in [-0.1, -0.05) is 42.5 Å². The van der Waals surface area contributed by atoms with Gasteiger partial charge in [0, 0.05) is 13.1 Å². The van der Waals surface area contributed by atoms with Crippen LogP contribution >= 0.6 is 0 Å². The molecule has 0 saturated heterocycles. The number of aliphatic hydroxyl groups excluding tert-OH is 1. The van der Waals surface area contributed by atoms with Crippen LogP contribution in [-0.4, -0.2) is 11.7 Å². The fraction of sp³-hybridized carbons (Fsp3) is 0.200. The lowest BCUT2D eigenvalue weighted by atomic mass is 10.1. The van der Waals surface area contributed by atoms with E-state index in [1.165, 1.54) is 12.1 Å². The molecule has 0 aliphatic heterocycles. The topological polar surface area (TPSA) is 32.3 Å². The lowest BCUT2D eigenvalue weighted by Gasteiger charge is -2.12. The van der Waals surface area contributed by atoms with Crippen molar-refractivity contribution < 1.29 is 9.50 Å². The molecule has 0 aliphatic carbocycles. The summed E-state index contributed by atoms with van der Waals surface area (Å²) in [6.45, 7) is 1.09. The van der Waals surface area contributed by atoms with Crippen LogP contribution in [0.3, 0.4) is 0 Å². The van der Waals surface area contributed by atoms with E-state index < -0.39 is 6.10 Å². The number of nitrogens with one attached hydrogen (secondary N) is 1. The van der Waals surface area contributed by atoms with Gasteiger partial charge >= 0.3 is 0 Å². The van der Waals surface area contributed by atoms with E-state index in [2.05, 4.69) is 5.32 Å². The van der Waals surface area contributed by atoms with E-state index in [9.17, 15) is 9.50 Å². The smallest absolute Gasteiger partial charge is 0.123 e. The molecule has 3 heteroatoms. The van der Waals surface area contributed by atoms with Crippen molar-refractivity contribution in [3.63, 3.8) is 0 Å². The third-order valence-electron chi connectivity index (χ3n) is 2.76. The average molecular weight is 245 g/mol. The van der Waals surface area contributed by atoms with Gasteiger partial charge in [0.05, 0.1) is 6.10 Å². The minimum Gasteiger partial charge on any atom is -0.387 e. The molecular weight excluding hydrogens is 229 g/mol. The van der Waals surface area contributed by atoms with Gasteiger partial charge in [0.25, 0.3) is 0 Å². The highest BCUT2D eigenvalue weighted by molar-refractivity contribution is 5.18. The van der Waals surface area contributed by atoms with Crippen molar-refractivity contribution in [3.05, 3.63) is 71.5 Å². The lowest BCUT2D eigenvalue weighted by Crippen LogP contribution is -2.21. The minimum absolute atomic E-state index is 0.233. The van der Waals surface area contributed by atoms with E-state index in [4.69, 9.17) is 0 Å². The molecule has 0 radical (unpaired) electrons. The van der Waals surface area contributed by atoms with Gasteiger partial charge in [-0.25, -0.2) is 4.39 Å². The Balaban J connectivity index is 1.80. The van der Waals surface area contributed by atoms with Crippen LogP contribution in [0.25, 0.3) is 0 Å². The SMILES string of the molecule is O[C@H](CNCc1ccc(F)cc1)c1ccccc1. The highest BCUT2D eigenvalue weighted by atomic mass is 19.1. The Morgan fingerprint density at radius 3 is 2.33 bits per heavy atom. The molecular formula is C15H16FNO. The van der Waals surface area contributed by atoms with Crippen molar-refractivity contribution in [1.82, 2.24) is 5.32 Å².